The molecule has 0 amide bonds. The zero-order valence-corrected chi connectivity index (χ0v) is 12.7. The molecule has 1 aromatic rings. The highest BCUT2D eigenvalue weighted by Crippen LogP contribution is 2.41. The van der Waals surface area contributed by atoms with Gasteiger partial charge in [-0.3, -0.25) is 0 Å². The minimum absolute atomic E-state index is 0.555. The maximum atomic E-state index is 5.41. The van der Waals surface area contributed by atoms with E-state index in [0.29, 0.717) is 23.3 Å². The molecule has 1 aromatic carbocycles. The van der Waals surface area contributed by atoms with Gasteiger partial charge in [0.25, 0.3) is 0 Å². The van der Waals surface area contributed by atoms with E-state index in [2.05, 4.69) is 17.1 Å². The Morgan fingerprint density at radius 1 is 1.15 bits per heavy atom. The van der Waals surface area contributed by atoms with E-state index in [9.17, 15) is 0 Å². The topological polar surface area (TPSA) is 43.0 Å². The van der Waals surface area contributed by atoms with E-state index in [0.717, 1.165) is 31.7 Å². The number of likely N-dealkylation sites (N-methyl/N-ethyl adjacent to an activating group) is 1. The van der Waals surface area contributed by atoms with Gasteiger partial charge in [0.2, 0.25) is 5.75 Å². The van der Waals surface area contributed by atoms with Gasteiger partial charge in [-0.2, -0.15) is 0 Å². The largest absolute Gasteiger partial charge is 0.493 e. The lowest BCUT2D eigenvalue weighted by Crippen LogP contribution is -2.32. The summed E-state index contributed by atoms with van der Waals surface area (Å²) in [7, 11) is 4.91. The molecule has 2 rings (SSSR count). The Balaban J connectivity index is 2.24. The SMILES string of the molecule is CCNC1CCN(c2cc(OC)c(OC)c(OC)c2)C1. The Morgan fingerprint density at radius 2 is 1.80 bits per heavy atom. The van der Waals surface area contributed by atoms with Crippen LogP contribution in [0.5, 0.6) is 17.2 Å². The van der Waals surface area contributed by atoms with Crippen molar-refractivity contribution < 1.29 is 14.2 Å². The number of benzene rings is 1. The van der Waals surface area contributed by atoms with Crippen molar-refractivity contribution >= 4 is 5.69 Å². The molecule has 1 aliphatic rings. The van der Waals surface area contributed by atoms with Crippen LogP contribution >= 0.6 is 0 Å². The predicted octanol–water partition coefficient (Wildman–Crippen LogP) is 1.90. The number of anilines is 1. The Bertz CT molecular complexity index is 426. The van der Waals surface area contributed by atoms with Crippen LogP contribution in [0.25, 0.3) is 0 Å². The summed E-state index contributed by atoms with van der Waals surface area (Å²) in [5, 5.41) is 3.50. The van der Waals surface area contributed by atoms with Crippen molar-refractivity contribution in [2.75, 3.05) is 45.9 Å². The quantitative estimate of drug-likeness (QED) is 0.862. The first-order valence-corrected chi connectivity index (χ1v) is 7.01. The number of nitrogens with zero attached hydrogens (tertiary/aromatic N) is 1. The average Bonchev–Trinajstić information content (AvgIpc) is 2.94. The van der Waals surface area contributed by atoms with E-state index < -0.39 is 0 Å². The highest BCUT2D eigenvalue weighted by atomic mass is 16.5. The van der Waals surface area contributed by atoms with Crippen LogP contribution in [0.15, 0.2) is 12.1 Å². The summed E-state index contributed by atoms with van der Waals surface area (Å²) in [6, 6.07) is 4.57. The third kappa shape index (κ3) is 2.93. The van der Waals surface area contributed by atoms with Crippen LogP contribution in [-0.4, -0.2) is 47.0 Å². The molecule has 1 fully saturated rings. The lowest BCUT2D eigenvalue weighted by atomic mass is 10.2. The lowest BCUT2D eigenvalue weighted by molar-refractivity contribution is 0.324. The molecular formula is C15H24N2O3. The highest BCUT2D eigenvalue weighted by Gasteiger charge is 2.24. The number of nitrogens with one attached hydrogen (secondary N) is 1. The van der Waals surface area contributed by atoms with Gasteiger partial charge in [-0.1, -0.05) is 6.92 Å². The van der Waals surface area contributed by atoms with Crippen LogP contribution in [0.1, 0.15) is 13.3 Å². The Hall–Kier alpha value is -1.62. The number of ether oxygens (including phenoxy) is 3. The summed E-state index contributed by atoms with van der Waals surface area (Å²) in [4.78, 5) is 2.35. The maximum Gasteiger partial charge on any atom is 0.203 e. The van der Waals surface area contributed by atoms with Gasteiger partial charge in [-0.05, 0) is 13.0 Å². The zero-order valence-electron chi connectivity index (χ0n) is 12.7. The fourth-order valence-corrected chi connectivity index (χ4v) is 2.70. The molecule has 0 spiro atoms. The van der Waals surface area contributed by atoms with E-state index >= 15 is 0 Å². The minimum atomic E-state index is 0.555. The first-order chi connectivity index (χ1) is 9.73. The summed E-state index contributed by atoms with van der Waals surface area (Å²) in [6.07, 6.45) is 1.16. The molecule has 112 valence electrons. The van der Waals surface area contributed by atoms with Crippen molar-refractivity contribution in [2.45, 2.75) is 19.4 Å². The minimum Gasteiger partial charge on any atom is -0.493 e. The molecule has 1 N–H and O–H groups in total. The first kappa shape index (κ1) is 14.8. The second-order valence-corrected chi connectivity index (χ2v) is 4.87. The van der Waals surface area contributed by atoms with Crippen molar-refractivity contribution in [2.24, 2.45) is 0 Å². The van der Waals surface area contributed by atoms with Crippen molar-refractivity contribution in [1.29, 1.82) is 0 Å². The van der Waals surface area contributed by atoms with E-state index in [1.54, 1.807) is 21.3 Å². The van der Waals surface area contributed by atoms with E-state index in [4.69, 9.17) is 14.2 Å². The normalized spacial score (nSPS) is 18.2. The molecule has 0 aromatic heterocycles. The average molecular weight is 280 g/mol. The van der Waals surface area contributed by atoms with Gasteiger partial charge in [0, 0.05) is 37.0 Å². The molecule has 1 saturated heterocycles. The van der Waals surface area contributed by atoms with E-state index in [1.807, 2.05) is 12.1 Å². The number of rotatable bonds is 6. The van der Waals surface area contributed by atoms with Gasteiger partial charge in [-0.15, -0.1) is 0 Å². The van der Waals surface area contributed by atoms with Crippen LogP contribution in [0.4, 0.5) is 5.69 Å². The summed E-state index contributed by atoms with van der Waals surface area (Å²) in [5.41, 5.74) is 1.11. The number of hydrogen-bond donors (Lipinski definition) is 1. The molecule has 0 aliphatic carbocycles. The van der Waals surface area contributed by atoms with Gasteiger partial charge in [0.1, 0.15) is 0 Å². The summed E-state index contributed by atoms with van der Waals surface area (Å²) in [6.45, 7) is 5.19. The summed E-state index contributed by atoms with van der Waals surface area (Å²) < 4.78 is 16.2. The van der Waals surface area contributed by atoms with Crippen LogP contribution < -0.4 is 24.4 Å². The molecule has 0 radical (unpaired) electrons. The molecule has 0 bridgehead atoms. The number of hydrogen-bond acceptors (Lipinski definition) is 5. The van der Waals surface area contributed by atoms with Crippen molar-refractivity contribution in [3.63, 3.8) is 0 Å². The molecule has 1 aliphatic heterocycles. The van der Waals surface area contributed by atoms with E-state index in [1.165, 1.54) is 0 Å². The van der Waals surface area contributed by atoms with Crippen LogP contribution in [0.3, 0.4) is 0 Å². The standard InChI is InChI=1S/C15H24N2O3/c1-5-16-11-6-7-17(10-11)12-8-13(18-2)15(20-4)14(9-12)19-3/h8-9,11,16H,5-7,10H2,1-4H3. The van der Waals surface area contributed by atoms with Gasteiger partial charge in [0.15, 0.2) is 11.5 Å². The van der Waals surface area contributed by atoms with E-state index in [-0.39, 0.29) is 0 Å². The highest BCUT2D eigenvalue weighted by molar-refractivity contribution is 5.64. The molecule has 1 unspecified atom stereocenters. The monoisotopic (exact) mass is 280 g/mol. The summed E-state index contributed by atoms with van der Waals surface area (Å²) in [5.74, 6) is 2.05. The van der Waals surface area contributed by atoms with Crippen molar-refractivity contribution in [3.8, 4) is 17.2 Å². The molecule has 1 heterocycles. The van der Waals surface area contributed by atoms with Gasteiger partial charge in [0.05, 0.1) is 21.3 Å². The molecule has 0 saturated carbocycles. The van der Waals surface area contributed by atoms with Crippen LogP contribution in [0, 0.1) is 0 Å². The second-order valence-electron chi connectivity index (χ2n) is 4.87. The third-order valence-corrected chi connectivity index (χ3v) is 3.70. The van der Waals surface area contributed by atoms with Crippen molar-refractivity contribution in [3.05, 3.63) is 12.1 Å². The molecule has 20 heavy (non-hydrogen) atoms. The molecular weight excluding hydrogens is 256 g/mol. The fraction of sp³-hybridized carbons (Fsp3) is 0.600. The van der Waals surface area contributed by atoms with Crippen LogP contribution in [0.2, 0.25) is 0 Å². The molecule has 5 heteroatoms. The Morgan fingerprint density at radius 3 is 2.30 bits per heavy atom. The molecule has 5 nitrogen and oxygen atoms in total. The number of methoxy groups -OCH3 is 3. The second kappa shape index (κ2) is 6.70. The lowest BCUT2D eigenvalue weighted by Gasteiger charge is -2.22. The zero-order chi connectivity index (χ0) is 14.5. The van der Waals surface area contributed by atoms with Crippen LogP contribution in [-0.2, 0) is 0 Å². The Kier molecular flexibility index (Phi) is 4.95. The predicted molar refractivity (Wildman–Crippen MR) is 80.4 cm³/mol. The smallest absolute Gasteiger partial charge is 0.203 e. The molecule has 1 atom stereocenters. The Labute approximate surface area is 120 Å². The summed E-state index contributed by atoms with van der Waals surface area (Å²) >= 11 is 0. The maximum absolute atomic E-state index is 5.41. The fourth-order valence-electron chi connectivity index (χ4n) is 2.70. The van der Waals surface area contributed by atoms with Gasteiger partial charge < -0.3 is 24.4 Å². The van der Waals surface area contributed by atoms with Gasteiger partial charge >= 0.3 is 0 Å². The van der Waals surface area contributed by atoms with Crippen molar-refractivity contribution in [1.82, 2.24) is 5.32 Å². The third-order valence-electron chi connectivity index (χ3n) is 3.70. The first-order valence-electron chi connectivity index (χ1n) is 7.01. The van der Waals surface area contributed by atoms with Gasteiger partial charge in [-0.25, -0.2) is 0 Å².